The highest BCUT2D eigenvalue weighted by atomic mass is 16.4. The smallest absolute Gasteiger partial charge is 0.303 e. The topological polar surface area (TPSA) is 179 Å². The lowest BCUT2D eigenvalue weighted by atomic mass is 9.52. The monoisotopic (exact) mass is 444 g/mol. The van der Waals surface area contributed by atoms with Crippen molar-refractivity contribution in [2.24, 2.45) is 23.5 Å². The van der Waals surface area contributed by atoms with Crippen LogP contribution in [0.15, 0.2) is 18.5 Å². The van der Waals surface area contributed by atoms with Crippen LogP contribution in [0.2, 0.25) is 0 Å². The molecule has 0 aliphatic heterocycles. The summed E-state index contributed by atoms with van der Waals surface area (Å²) in [5, 5.41) is 31.1. The zero-order valence-electron chi connectivity index (χ0n) is 17.6. The molecule has 10 nitrogen and oxygen atoms in total. The molecule has 1 amide bonds. The Hall–Kier alpha value is -3.14. The summed E-state index contributed by atoms with van der Waals surface area (Å²) in [4.78, 5) is 38.5. The number of nitrogens with one attached hydrogen (secondary N) is 2. The predicted octanol–water partition coefficient (Wildman–Crippen LogP) is 1.95. The van der Waals surface area contributed by atoms with Crippen molar-refractivity contribution in [2.45, 2.75) is 56.6 Å². The van der Waals surface area contributed by atoms with Crippen molar-refractivity contribution in [1.82, 2.24) is 9.97 Å². The summed E-state index contributed by atoms with van der Waals surface area (Å²) in [7, 11) is 0. The molecule has 5 atom stereocenters. The number of aliphatic hydroxyl groups is 1. The standard InChI is InChI=1S/C18H22N4O2.C4H6O4/c19-16(23)13-8-21-17-12(1-2-20-17)15(13)22-14-10-3-9-4-11(14)7-18(24,5-9)6-10;5-3(6)1-2-4(7)8/h1-2,8-11,14,24H,3-7H2,(H2,19,23)(H2,20,21,22);1-2H2,(H,5,6)(H,7,8)/t9-,10-,11+,14-,18-;. The van der Waals surface area contributed by atoms with Gasteiger partial charge in [-0.15, -0.1) is 0 Å². The second kappa shape index (κ2) is 8.42. The van der Waals surface area contributed by atoms with E-state index >= 15 is 0 Å². The number of hydrogen-bond donors (Lipinski definition) is 6. The zero-order valence-corrected chi connectivity index (χ0v) is 17.6. The van der Waals surface area contributed by atoms with Gasteiger partial charge in [0.1, 0.15) is 5.65 Å². The molecule has 172 valence electrons. The lowest BCUT2D eigenvalue weighted by Crippen LogP contribution is -2.59. The van der Waals surface area contributed by atoms with Gasteiger partial charge in [-0.3, -0.25) is 14.4 Å². The van der Waals surface area contributed by atoms with E-state index in [0.29, 0.717) is 29.4 Å². The molecule has 0 aromatic carbocycles. The average Bonchev–Trinajstić information content (AvgIpc) is 3.17. The molecular weight excluding hydrogens is 416 g/mol. The summed E-state index contributed by atoms with van der Waals surface area (Å²) in [5.41, 5.74) is 7.10. The molecule has 0 radical (unpaired) electrons. The van der Waals surface area contributed by atoms with Crippen LogP contribution in [0.3, 0.4) is 0 Å². The molecule has 4 aliphatic rings. The van der Waals surface area contributed by atoms with Gasteiger partial charge in [0, 0.05) is 23.8 Å². The number of carboxylic acid groups (broad SMARTS) is 2. The van der Waals surface area contributed by atoms with Gasteiger partial charge in [-0.25, -0.2) is 4.98 Å². The van der Waals surface area contributed by atoms with E-state index < -0.39 is 23.4 Å². The number of carbonyl (C=O) groups excluding carboxylic acids is 1. The van der Waals surface area contributed by atoms with Crippen molar-refractivity contribution in [3.8, 4) is 0 Å². The van der Waals surface area contributed by atoms with E-state index in [1.54, 1.807) is 6.20 Å². The fourth-order valence-corrected chi connectivity index (χ4v) is 5.95. The molecule has 0 saturated heterocycles. The Balaban J connectivity index is 0.000000265. The third-order valence-corrected chi connectivity index (χ3v) is 6.96. The molecule has 4 bridgehead atoms. The van der Waals surface area contributed by atoms with Crippen molar-refractivity contribution >= 4 is 34.6 Å². The molecule has 2 heterocycles. The maximum Gasteiger partial charge on any atom is 0.303 e. The van der Waals surface area contributed by atoms with E-state index in [2.05, 4.69) is 15.3 Å². The Morgan fingerprint density at radius 2 is 1.75 bits per heavy atom. The van der Waals surface area contributed by atoms with E-state index in [9.17, 15) is 19.5 Å². The maximum absolute atomic E-state index is 11.9. The SMILES string of the molecule is NC(=O)c1cnc2[nH]ccc2c1N[C@@H]1[C@@H]2C[C@@H]3C[C@H]1C[C@@](O)(C3)C2.O=C(O)CCC(=O)O. The van der Waals surface area contributed by atoms with Gasteiger partial charge in [-0.2, -0.15) is 0 Å². The minimum Gasteiger partial charge on any atom is -0.481 e. The average molecular weight is 444 g/mol. The largest absolute Gasteiger partial charge is 0.481 e. The number of aromatic nitrogens is 2. The van der Waals surface area contributed by atoms with Crippen LogP contribution >= 0.6 is 0 Å². The maximum atomic E-state index is 11.9. The number of nitrogens with two attached hydrogens (primary N) is 1. The number of primary amides is 1. The van der Waals surface area contributed by atoms with Gasteiger partial charge in [0.05, 0.1) is 29.7 Å². The highest BCUT2D eigenvalue weighted by molar-refractivity contribution is 6.06. The van der Waals surface area contributed by atoms with Crippen molar-refractivity contribution in [3.63, 3.8) is 0 Å². The first-order valence-electron chi connectivity index (χ1n) is 10.8. The molecule has 4 fully saturated rings. The molecular formula is C22H28N4O6. The van der Waals surface area contributed by atoms with E-state index in [1.165, 1.54) is 12.8 Å². The number of pyridine rings is 1. The van der Waals surface area contributed by atoms with Gasteiger partial charge in [0.2, 0.25) is 0 Å². The fourth-order valence-electron chi connectivity index (χ4n) is 5.95. The number of amides is 1. The highest BCUT2D eigenvalue weighted by Crippen LogP contribution is 2.56. The van der Waals surface area contributed by atoms with E-state index in [-0.39, 0.29) is 12.8 Å². The Bertz CT molecular complexity index is 1020. The quantitative estimate of drug-likeness (QED) is 0.391. The van der Waals surface area contributed by atoms with Crippen LogP contribution in [0.5, 0.6) is 0 Å². The number of rotatable bonds is 6. The molecule has 2 aromatic rings. The van der Waals surface area contributed by atoms with Gasteiger partial charge in [0.15, 0.2) is 0 Å². The Morgan fingerprint density at radius 1 is 1.12 bits per heavy atom. The normalized spacial score (nSPS) is 29.9. The molecule has 4 saturated carbocycles. The summed E-state index contributed by atoms with van der Waals surface area (Å²) >= 11 is 0. The minimum absolute atomic E-state index is 0.292. The van der Waals surface area contributed by atoms with Crippen LogP contribution in [0.4, 0.5) is 5.69 Å². The summed E-state index contributed by atoms with van der Waals surface area (Å²) in [6.07, 6.45) is 7.82. The summed E-state index contributed by atoms with van der Waals surface area (Å²) in [5.74, 6) is -1.03. The van der Waals surface area contributed by atoms with Gasteiger partial charge in [0.25, 0.3) is 5.91 Å². The minimum atomic E-state index is -1.08. The third-order valence-electron chi connectivity index (χ3n) is 6.96. The second-order valence-corrected chi connectivity index (χ2v) is 9.30. The first-order chi connectivity index (χ1) is 15.1. The van der Waals surface area contributed by atoms with Crippen LogP contribution in [0.25, 0.3) is 11.0 Å². The molecule has 4 aliphatic carbocycles. The number of carbonyl (C=O) groups is 3. The number of hydrogen-bond acceptors (Lipinski definition) is 6. The van der Waals surface area contributed by atoms with Crippen LogP contribution in [-0.4, -0.2) is 54.8 Å². The number of fused-ring (bicyclic) bond motifs is 1. The number of aromatic amines is 1. The van der Waals surface area contributed by atoms with Gasteiger partial charge < -0.3 is 31.4 Å². The Morgan fingerprint density at radius 3 is 2.28 bits per heavy atom. The molecule has 0 spiro atoms. The number of anilines is 1. The van der Waals surface area contributed by atoms with Crippen molar-refractivity contribution < 1.29 is 29.7 Å². The van der Waals surface area contributed by atoms with Gasteiger partial charge in [-0.1, -0.05) is 0 Å². The molecule has 32 heavy (non-hydrogen) atoms. The highest BCUT2D eigenvalue weighted by Gasteiger charge is 2.54. The van der Waals surface area contributed by atoms with E-state index in [1.807, 2.05) is 12.3 Å². The number of H-pyrrole nitrogens is 1. The van der Waals surface area contributed by atoms with E-state index in [0.717, 1.165) is 36.0 Å². The second-order valence-electron chi connectivity index (χ2n) is 9.30. The molecule has 2 aromatic heterocycles. The third kappa shape index (κ3) is 4.40. The van der Waals surface area contributed by atoms with Crippen LogP contribution in [-0.2, 0) is 9.59 Å². The Kier molecular flexibility index (Phi) is 5.81. The fraction of sp³-hybridized carbons (Fsp3) is 0.545. The van der Waals surface area contributed by atoms with Crippen molar-refractivity contribution in [1.29, 1.82) is 0 Å². The zero-order chi connectivity index (χ0) is 23.0. The van der Waals surface area contributed by atoms with Crippen molar-refractivity contribution in [3.05, 3.63) is 24.0 Å². The van der Waals surface area contributed by atoms with Gasteiger partial charge >= 0.3 is 11.9 Å². The van der Waals surface area contributed by atoms with Crippen LogP contribution in [0, 0.1) is 17.8 Å². The summed E-state index contributed by atoms with van der Waals surface area (Å²) < 4.78 is 0. The number of aliphatic carboxylic acids is 2. The molecule has 10 heteroatoms. The first kappa shape index (κ1) is 22.1. The summed E-state index contributed by atoms with van der Waals surface area (Å²) in [6.45, 7) is 0. The summed E-state index contributed by atoms with van der Waals surface area (Å²) in [6, 6.07) is 2.22. The van der Waals surface area contributed by atoms with Crippen molar-refractivity contribution in [2.75, 3.05) is 5.32 Å². The van der Waals surface area contributed by atoms with Crippen LogP contribution in [0.1, 0.15) is 55.3 Å². The predicted molar refractivity (Wildman–Crippen MR) is 115 cm³/mol. The lowest BCUT2D eigenvalue weighted by molar-refractivity contribution is -0.143. The number of nitrogens with zero attached hydrogens (tertiary/aromatic N) is 1. The van der Waals surface area contributed by atoms with Crippen LogP contribution < -0.4 is 11.1 Å². The molecule has 0 unspecified atom stereocenters. The molecule has 7 N–H and O–H groups in total. The number of carboxylic acids is 2. The van der Waals surface area contributed by atoms with Gasteiger partial charge in [-0.05, 0) is 55.9 Å². The molecule has 6 rings (SSSR count). The van der Waals surface area contributed by atoms with E-state index in [4.69, 9.17) is 15.9 Å². The Labute approximate surface area is 184 Å². The lowest BCUT2D eigenvalue weighted by Gasteiger charge is -2.58. The first-order valence-corrected chi connectivity index (χ1v) is 10.8.